The molecule has 0 saturated heterocycles. The van der Waals surface area contributed by atoms with Crippen LogP contribution in [0.25, 0.3) is 0 Å². The summed E-state index contributed by atoms with van der Waals surface area (Å²) in [5.41, 5.74) is 4.84. The Morgan fingerprint density at radius 3 is 0.917 bits per heavy atom. The van der Waals surface area contributed by atoms with Gasteiger partial charge in [0.2, 0.25) is 22.8 Å². The van der Waals surface area contributed by atoms with Crippen LogP contribution in [0.1, 0.15) is 22.8 Å². The van der Waals surface area contributed by atoms with Crippen molar-refractivity contribution in [3.05, 3.63) is 22.8 Å². The quantitative estimate of drug-likeness (QED) is 0.457. The fourth-order valence-corrected chi connectivity index (χ4v) is 0.938. The van der Waals surface area contributed by atoms with Gasteiger partial charge in [-0.05, 0) is 0 Å². The average Bonchev–Trinajstić information content (AvgIpc) is 1.84. The van der Waals surface area contributed by atoms with Crippen LogP contribution in [0, 0.1) is 27.7 Å². The van der Waals surface area contributed by atoms with Gasteiger partial charge in [0.05, 0.1) is 0 Å². The Bertz CT molecular complexity index is 211. The number of halogens is 2. The minimum atomic E-state index is 0. The van der Waals surface area contributed by atoms with Gasteiger partial charge in [-0.2, -0.15) is 0 Å². The molecule has 0 amide bonds. The van der Waals surface area contributed by atoms with Crippen LogP contribution in [0.3, 0.4) is 0 Å². The van der Waals surface area contributed by atoms with E-state index in [1.165, 1.54) is 22.8 Å². The average molecular weight is 298 g/mol. The van der Waals surface area contributed by atoms with Crippen molar-refractivity contribution in [1.29, 1.82) is 0 Å². The lowest BCUT2D eigenvalue weighted by molar-refractivity contribution is -0.472. The van der Waals surface area contributed by atoms with E-state index in [2.05, 4.69) is 37.7 Å². The molecule has 0 saturated carbocycles. The Hall–Kier alpha value is 0.0400. The number of hydrogen-bond acceptors (Lipinski definition) is 0. The number of aromatic nitrogens is 2. The molecular weight excluding hydrogens is 284 g/mol. The first-order valence-electron chi connectivity index (χ1n) is 3.50. The van der Waals surface area contributed by atoms with Gasteiger partial charge in [0.1, 0.15) is 0 Å². The lowest BCUT2D eigenvalue weighted by Gasteiger charge is -1.89. The lowest BCUT2D eigenvalue weighted by atomic mass is 10.3. The maximum atomic E-state index is 3.28. The highest BCUT2D eigenvalue weighted by Gasteiger charge is 2.12. The summed E-state index contributed by atoms with van der Waals surface area (Å²) in [5, 5.41) is 0. The predicted molar refractivity (Wildman–Crippen MR) is 38.5 cm³/mol. The summed E-state index contributed by atoms with van der Waals surface area (Å²) in [6.45, 7) is 8.27. The number of rotatable bonds is 0. The zero-order valence-electron chi connectivity index (χ0n) is 7.76. The summed E-state index contributed by atoms with van der Waals surface area (Å²) in [4.78, 5) is 6.55. The minimum absolute atomic E-state index is 0. The van der Waals surface area contributed by atoms with Crippen LogP contribution >= 0.6 is 0 Å². The Balaban J connectivity index is 0. The van der Waals surface area contributed by atoms with E-state index in [1.807, 2.05) is 0 Å². The summed E-state index contributed by atoms with van der Waals surface area (Å²) in [6, 6.07) is 0. The highest BCUT2D eigenvalue weighted by atomic mass is 79.9. The SMILES string of the molecule is Cc1[nH+]c(C)c(C)[nH+]c1C.[Br-].[Br-]. The van der Waals surface area contributed by atoms with E-state index in [1.54, 1.807) is 0 Å². The monoisotopic (exact) mass is 296 g/mol. The molecule has 0 unspecified atom stereocenters. The summed E-state index contributed by atoms with van der Waals surface area (Å²) < 4.78 is 0. The third kappa shape index (κ3) is 3.19. The van der Waals surface area contributed by atoms with Crippen LogP contribution in [0.15, 0.2) is 0 Å². The minimum Gasteiger partial charge on any atom is -1.00 e. The van der Waals surface area contributed by atoms with Crippen molar-refractivity contribution in [2.24, 2.45) is 0 Å². The Kier molecular flexibility index (Phi) is 6.85. The first-order valence-corrected chi connectivity index (χ1v) is 3.50. The highest BCUT2D eigenvalue weighted by molar-refractivity contribution is 4.99. The molecule has 0 aromatic carbocycles. The summed E-state index contributed by atoms with van der Waals surface area (Å²) >= 11 is 0. The zero-order chi connectivity index (χ0) is 7.72. The van der Waals surface area contributed by atoms with Crippen molar-refractivity contribution < 1.29 is 43.9 Å². The van der Waals surface area contributed by atoms with Crippen LogP contribution in [0.4, 0.5) is 0 Å². The summed E-state index contributed by atoms with van der Waals surface area (Å²) in [6.07, 6.45) is 0. The second-order valence-electron chi connectivity index (χ2n) is 2.75. The number of aromatic amines is 2. The first-order chi connectivity index (χ1) is 4.61. The molecule has 2 N–H and O–H groups in total. The van der Waals surface area contributed by atoms with Gasteiger partial charge in [0.25, 0.3) is 0 Å². The second-order valence-corrected chi connectivity index (χ2v) is 2.75. The molecule has 0 aliphatic rings. The van der Waals surface area contributed by atoms with E-state index in [-0.39, 0.29) is 34.0 Å². The van der Waals surface area contributed by atoms with Crippen molar-refractivity contribution in [3.8, 4) is 0 Å². The van der Waals surface area contributed by atoms with Crippen LogP contribution in [0.2, 0.25) is 0 Å². The standard InChI is InChI=1S/C8H12N2.2BrH/c1-5-6(2)10-8(4)7(3)9-5;;/h1-4H3;2*1H. The summed E-state index contributed by atoms with van der Waals surface area (Å²) in [7, 11) is 0. The van der Waals surface area contributed by atoms with Crippen LogP contribution in [0.5, 0.6) is 0 Å². The summed E-state index contributed by atoms with van der Waals surface area (Å²) in [5.74, 6) is 0. The molecule has 2 nitrogen and oxygen atoms in total. The van der Waals surface area contributed by atoms with E-state index in [9.17, 15) is 0 Å². The van der Waals surface area contributed by atoms with Gasteiger partial charge in [0, 0.05) is 27.7 Å². The molecule has 0 bridgehead atoms. The molecule has 1 aromatic heterocycles. The van der Waals surface area contributed by atoms with E-state index in [0.717, 1.165) is 0 Å². The van der Waals surface area contributed by atoms with Gasteiger partial charge in [-0.3, -0.25) is 0 Å². The molecule has 12 heavy (non-hydrogen) atoms. The third-order valence-corrected chi connectivity index (χ3v) is 1.88. The fourth-order valence-electron chi connectivity index (χ4n) is 0.938. The number of nitrogens with one attached hydrogen (secondary N) is 2. The molecule has 0 aliphatic carbocycles. The number of aryl methyl sites for hydroxylation is 4. The van der Waals surface area contributed by atoms with Gasteiger partial charge in [-0.15, -0.1) is 0 Å². The molecule has 1 aromatic rings. The largest absolute Gasteiger partial charge is 1.00 e. The molecule has 0 atom stereocenters. The van der Waals surface area contributed by atoms with Gasteiger partial charge in [-0.25, -0.2) is 9.97 Å². The lowest BCUT2D eigenvalue weighted by Crippen LogP contribution is -3.00. The Labute approximate surface area is 94.4 Å². The number of hydrogen-bond donors (Lipinski definition) is 0. The molecule has 0 aliphatic heterocycles. The molecule has 0 spiro atoms. The maximum Gasteiger partial charge on any atom is 0.243 e. The Morgan fingerprint density at radius 2 is 0.750 bits per heavy atom. The molecule has 0 radical (unpaired) electrons. The fraction of sp³-hybridized carbons (Fsp3) is 0.500. The van der Waals surface area contributed by atoms with E-state index in [4.69, 9.17) is 0 Å². The molecule has 4 heteroatoms. The van der Waals surface area contributed by atoms with Crippen molar-refractivity contribution in [1.82, 2.24) is 0 Å². The van der Waals surface area contributed by atoms with E-state index >= 15 is 0 Å². The highest BCUT2D eigenvalue weighted by Crippen LogP contribution is 1.94. The zero-order valence-corrected chi connectivity index (χ0v) is 10.9. The predicted octanol–water partition coefficient (Wildman–Crippen LogP) is -5.44. The van der Waals surface area contributed by atoms with Gasteiger partial charge >= 0.3 is 0 Å². The second kappa shape index (κ2) is 5.65. The van der Waals surface area contributed by atoms with Crippen molar-refractivity contribution in [2.75, 3.05) is 0 Å². The first kappa shape index (κ1) is 14.6. The molecule has 1 heterocycles. The maximum absolute atomic E-state index is 3.28. The molecular formula is C8H14Br2N2. The van der Waals surface area contributed by atoms with Crippen molar-refractivity contribution >= 4 is 0 Å². The van der Waals surface area contributed by atoms with E-state index < -0.39 is 0 Å². The van der Waals surface area contributed by atoms with Crippen molar-refractivity contribution in [3.63, 3.8) is 0 Å². The third-order valence-electron chi connectivity index (χ3n) is 1.88. The molecule has 1 rings (SSSR count). The topological polar surface area (TPSA) is 28.3 Å². The van der Waals surface area contributed by atoms with Gasteiger partial charge < -0.3 is 34.0 Å². The molecule has 70 valence electrons. The van der Waals surface area contributed by atoms with Gasteiger partial charge in [-0.1, -0.05) is 0 Å². The van der Waals surface area contributed by atoms with Crippen LogP contribution in [-0.2, 0) is 0 Å². The smallest absolute Gasteiger partial charge is 0.243 e. The van der Waals surface area contributed by atoms with Crippen molar-refractivity contribution in [2.45, 2.75) is 27.7 Å². The Morgan fingerprint density at radius 1 is 0.583 bits per heavy atom. The normalized spacial score (nSPS) is 8.33. The van der Waals surface area contributed by atoms with Crippen LogP contribution in [-0.4, -0.2) is 0 Å². The van der Waals surface area contributed by atoms with E-state index in [0.29, 0.717) is 0 Å². The number of H-pyrrole nitrogens is 2. The van der Waals surface area contributed by atoms with Crippen LogP contribution < -0.4 is 43.9 Å². The molecule has 0 fully saturated rings. The van der Waals surface area contributed by atoms with Gasteiger partial charge in [0.15, 0.2) is 0 Å².